The van der Waals surface area contributed by atoms with E-state index in [4.69, 9.17) is 0 Å². The third kappa shape index (κ3) is 5.21. The van der Waals surface area contributed by atoms with E-state index in [1.807, 2.05) is 31.1 Å². The average molecular weight is 379 g/mol. The van der Waals surface area contributed by atoms with Crippen LogP contribution in [0.4, 0.5) is 5.82 Å². The van der Waals surface area contributed by atoms with Gasteiger partial charge in [0.1, 0.15) is 5.82 Å². The normalized spacial score (nSPS) is 10.4. The topological polar surface area (TPSA) is 67.2 Å². The van der Waals surface area contributed by atoms with Gasteiger partial charge in [0.05, 0.1) is 0 Å². The van der Waals surface area contributed by atoms with Crippen LogP contribution < -0.4 is 15.8 Å². The van der Waals surface area contributed by atoms with E-state index in [0.29, 0.717) is 13.1 Å². The Bertz CT molecular complexity index is 743. The molecule has 2 aromatic rings. The first-order valence-corrected chi connectivity index (χ1v) is 8.00. The minimum atomic E-state index is -0.120. The van der Waals surface area contributed by atoms with Gasteiger partial charge in [0.2, 0.25) is 5.91 Å². The predicted molar refractivity (Wildman–Crippen MR) is 93.4 cm³/mol. The number of hydrogen-bond acceptors (Lipinski definition) is 4. The molecule has 6 nitrogen and oxygen atoms in total. The van der Waals surface area contributed by atoms with Crippen molar-refractivity contribution in [2.45, 2.75) is 19.5 Å². The number of pyridine rings is 2. The lowest BCUT2D eigenvalue weighted by molar-refractivity contribution is -0.121. The lowest BCUT2D eigenvalue weighted by Crippen LogP contribution is -2.26. The first-order chi connectivity index (χ1) is 11.0. The molecule has 0 atom stereocenters. The smallest absolute Gasteiger partial charge is 0.250 e. The summed E-state index contributed by atoms with van der Waals surface area (Å²) in [6.07, 6.45) is 3.65. The Morgan fingerprint density at radius 2 is 2.13 bits per heavy atom. The monoisotopic (exact) mass is 378 g/mol. The fourth-order valence-corrected chi connectivity index (χ4v) is 2.38. The first kappa shape index (κ1) is 17.2. The zero-order chi connectivity index (χ0) is 16.8. The SMILES string of the molecule is CN(C)c1cc(CNC(=O)CCn2cc(Br)ccc2=O)ccn1. The van der Waals surface area contributed by atoms with Crippen molar-refractivity contribution in [3.63, 3.8) is 0 Å². The third-order valence-electron chi connectivity index (χ3n) is 3.28. The highest BCUT2D eigenvalue weighted by molar-refractivity contribution is 9.10. The molecule has 0 unspecified atom stereocenters. The fourth-order valence-electron chi connectivity index (χ4n) is 2.00. The van der Waals surface area contributed by atoms with Crippen LogP contribution in [0.15, 0.2) is 45.9 Å². The highest BCUT2D eigenvalue weighted by Gasteiger charge is 2.05. The second-order valence-electron chi connectivity index (χ2n) is 5.32. The summed E-state index contributed by atoms with van der Waals surface area (Å²) in [6, 6.07) is 6.96. The second-order valence-corrected chi connectivity index (χ2v) is 6.24. The van der Waals surface area contributed by atoms with Gasteiger partial charge in [-0.1, -0.05) is 0 Å². The Morgan fingerprint density at radius 3 is 2.87 bits per heavy atom. The minimum Gasteiger partial charge on any atom is -0.363 e. The van der Waals surface area contributed by atoms with Crippen LogP contribution in [-0.4, -0.2) is 29.6 Å². The molecule has 0 bridgehead atoms. The quantitative estimate of drug-likeness (QED) is 0.831. The van der Waals surface area contributed by atoms with E-state index in [9.17, 15) is 9.59 Å². The van der Waals surface area contributed by atoms with E-state index in [0.717, 1.165) is 15.9 Å². The standard InChI is InChI=1S/C16H19BrN4O2/c1-20(2)14-9-12(5-7-18-14)10-19-15(22)6-8-21-11-13(17)3-4-16(21)23/h3-5,7,9,11H,6,8,10H2,1-2H3,(H,19,22). The molecule has 23 heavy (non-hydrogen) atoms. The molecule has 0 aliphatic heterocycles. The van der Waals surface area contributed by atoms with Crippen LogP contribution >= 0.6 is 15.9 Å². The molecule has 0 radical (unpaired) electrons. The van der Waals surface area contributed by atoms with Gasteiger partial charge in [-0.3, -0.25) is 9.59 Å². The Hall–Kier alpha value is -2.15. The summed E-state index contributed by atoms with van der Waals surface area (Å²) in [5.41, 5.74) is 0.863. The van der Waals surface area contributed by atoms with E-state index in [-0.39, 0.29) is 17.9 Å². The zero-order valence-electron chi connectivity index (χ0n) is 13.1. The number of halogens is 1. The average Bonchev–Trinajstić information content (AvgIpc) is 2.54. The van der Waals surface area contributed by atoms with Gasteiger partial charge < -0.3 is 14.8 Å². The van der Waals surface area contributed by atoms with Gasteiger partial charge in [-0.25, -0.2) is 4.98 Å². The Kier molecular flexibility index (Phi) is 5.92. The number of amides is 1. The zero-order valence-corrected chi connectivity index (χ0v) is 14.7. The predicted octanol–water partition coefficient (Wildman–Crippen LogP) is 1.78. The van der Waals surface area contributed by atoms with Crippen molar-refractivity contribution in [3.8, 4) is 0 Å². The molecule has 0 fully saturated rings. The third-order valence-corrected chi connectivity index (χ3v) is 3.75. The van der Waals surface area contributed by atoms with Gasteiger partial charge in [-0.2, -0.15) is 0 Å². The summed E-state index contributed by atoms with van der Waals surface area (Å²) in [4.78, 5) is 29.7. The van der Waals surface area contributed by atoms with Gasteiger partial charge in [0.25, 0.3) is 5.56 Å². The van der Waals surface area contributed by atoms with Crippen molar-refractivity contribution >= 4 is 27.7 Å². The molecule has 0 aliphatic carbocycles. The highest BCUT2D eigenvalue weighted by atomic mass is 79.9. The van der Waals surface area contributed by atoms with Crippen LogP contribution in [0.2, 0.25) is 0 Å². The summed E-state index contributed by atoms with van der Waals surface area (Å²) < 4.78 is 2.32. The largest absolute Gasteiger partial charge is 0.363 e. The van der Waals surface area contributed by atoms with E-state index >= 15 is 0 Å². The minimum absolute atomic E-state index is 0.0971. The van der Waals surface area contributed by atoms with Crippen LogP contribution in [0.1, 0.15) is 12.0 Å². The molecule has 0 spiro atoms. The Labute approximate surface area is 143 Å². The van der Waals surface area contributed by atoms with Crippen LogP contribution in [0.25, 0.3) is 0 Å². The lowest BCUT2D eigenvalue weighted by atomic mass is 10.2. The van der Waals surface area contributed by atoms with Crippen molar-refractivity contribution < 1.29 is 4.79 Å². The number of carbonyl (C=O) groups excluding carboxylic acids is 1. The van der Waals surface area contributed by atoms with Crippen molar-refractivity contribution in [1.29, 1.82) is 0 Å². The molecule has 0 saturated carbocycles. The lowest BCUT2D eigenvalue weighted by Gasteiger charge is -2.12. The molecule has 1 N–H and O–H groups in total. The maximum absolute atomic E-state index is 11.9. The molecule has 0 aliphatic rings. The molecular formula is C16H19BrN4O2. The molecule has 2 aromatic heterocycles. The number of rotatable bonds is 6. The Morgan fingerprint density at radius 1 is 1.35 bits per heavy atom. The highest BCUT2D eigenvalue weighted by Crippen LogP contribution is 2.09. The summed E-state index contributed by atoms with van der Waals surface area (Å²) >= 11 is 3.31. The molecule has 1 amide bonds. The van der Waals surface area contributed by atoms with Gasteiger partial charge >= 0.3 is 0 Å². The number of aryl methyl sites for hydroxylation is 1. The van der Waals surface area contributed by atoms with Crippen LogP contribution in [0.3, 0.4) is 0 Å². The molecule has 2 rings (SSSR count). The van der Waals surface area contributed by atoms with E-state index < -0.39 is 0 Å². The van der Waals surface area contributed by atoms with Crippen LogP contribution in [0.5, 0.6) is 0 Å². The maximum atomic E-state index is 11.9. The molecular weight excluding hydrogens is 360 g/mol. The van der Waals surface area contributed by atoms with E-state index in [1.54, 1.807) is 18.5 Å². The number of anilines is 1. The number of nitrogens with zero attached hydrogens (tertiary/aromatic N) is 3. The van der Waals surface area contributed by atoms with E-state index in [2.05, 4.69) is 26.2 Å². The van der Waals surface area contributed by atoms with Gasteiger partial charge in [0, 0.05) is 56.5 Å². The van der Waals surface area contributed by atoms with Crippen molar-refractivity contribution in [2.24, 2.45) is 0 Å². The number of carbonyl (C=O) groups is 1. The van der Waals surface area contributed by atoms with E-state index in [1.165, 1.54) is 10.6 Å². The number of hydrogen-bond donors (Lipinski definition) is 1. The first-order valence-electron chi connectivity index (χ1n) is 7.20. The maximum Gasteiger partial charge on any atom is 0.250 e. The molecule has 0 saturated heterocycles. The van der Waals surface area contributed by atoms with Gasteiger partial charge in [-0.15, -0.1) is 0 Å². The van der Waals surface area contributed by atoms with Crippen molar-refractivity contribution in [1.82, 2.24) is 14.9 Å². The Balaban J connectivity index is 1.87. The number of nitrogens with one attached hydrogen (secondary N) is 1. The summed E-state index contributed by atoms with van der Waals surface area (Å²) in [5.74, 6) is 0.748. The molecule has 7 heteroatoms. The van der Waals surface area contributed by atoms with Crippen LogP contribution in [-0.2, 0) is 17.9 Å². The second kappa shape index (κ2) is 7.92. The molecule has 0 aromatic carbocycles. The summed E-state index contributed by atoms with van der Waals surface area (Å²) in [5, 5.41) is 2.86. The fraction of sp³-hybridized carbons (Fsp3) is 0.312. The summed E-state index contributed by atoms with van der Waals surface area (Å²) in [7, 11) is 3.83. The van der Waals surface area contributed by atoms with Crippen molar-refractivity contribution in [3.05, 3.63) is 57.0 Å². The molecule has 2 heterocycles. The van der Waals surface area contributed by atoms with Crippen LogP contribution in [0, 0.1) is 0 Å². The van der Waals surface area contributed by atoms with Gasteiger partial charge in [0.15, 0.2) is 0 Å². The number of aromatic nitrogens is 2. The summed E-state index contributed by atoms with van der Waals surface area (Å²) in [6.45, 7) is 0.791. The molecule has 122 valence electrons. The van der Waals surface area contributed by atoms with Gasteiger partial charge in [-0.05, 0) is 39.7 Å². The van der Waals surface area contributed by atoms with Crippen molar-refractivity contribution in [2.75, 3.05) is 19.0 Å².